The zero-order chi connectivity index (χ0) is 32.5. The topological polar surface area (TPSA) is 175 Å². The maximum Gasteiger partial charge on any atom is 0.310 e. The number of amides is 1. The summed E-state index contributed by atoms with van der Waals surface area (Å²) in [7, 11) is 2.92. The van der Waals surface area contributed by atoms with Crippen LogP contribution in [0.3, 0.4) is 0 Å². The fourth-order valence-electron chi connectivity index (χ4n) is 6.57. The number of rotatable bonds is 18. The first kappa shape index (κ1) is 33.6. The number of phenolic OH excluding ortho intramolecular Hbond substituents is 1. The Balaban J connectivity index is 1.23. The molecule has 3 aliphatic rings. The summed E-state index contributed by atoms with van der Waals surface area (Å²) in [5.41, 5.74) is 7.85. The molecule has 4 atom stereocenters. The highest BCUT2D eigenvalue weighted by molar-refractivity contribution is 5.81. The van der Waals surface area contributed by atoms with E-state index < -0.39 is 17.9 Å². The first-order valence-electron chi connectivity index (χ1n) is 16.1. The maximum atomic E-state index is 13.3. The Hall–Kier alpha value is -3.78. The minimum Gasteiger partial charge on any atom is -0.502 e. The third-order valence-corrected chi connectivity index (χ3v) is 8.87. The van der Waals surface area contributed by atoms with Crippen LogP contribution in [0.5, 0.6) is 28.7 Å². The Morgan fingerprint density at radius 2 is 1.46 bits per heavy atom. The molecule has 13 heteroatoms. The van der Waals surface area contributed by atoms with Crippen molar-refractivity contribution in [2.24, 2.45) is 17.6 Å². The molecule has 0 saturated carbocycles. The fraction of sp³-hybridized carbons (Fsp3) is 0.576. The molecule has 46 heavy (non-hydrogen) atoms. The summed E-state index contributed by atoms with van der Waals surface area (Å²) < 4.78 is 27.9. The number of cyclic esters (lactones) is 1. The van der Waals surface area contributed by atoms with Crippen LogP contribution in [0.25, 0.3) is 0 Å². The molecule has 5 rings (SSSR count). The minimum atomic E-state index is -0.593. The van der Waals surface area contributed by atoms with Gasteiger partial charge in [0.1, 0.15) is 0 Å². The molecule has 1 amide bonds. The Bertz CT molecular complexity index is 1330. The van der Waals surface area contributed by atoms with Gasteiger partial charge in [0.2, 0.25) is 18.4 Å². The van der Waals surface area contributed by atoms with Crippen LogP contribution in [0.2, 0.25) is 0 Å². The molecule has 0 aromatic heterocycles. The molecule has 2 aromatic carbocycles. The predicted molar refractivity (Wildman–Crippen MR) is 171 cm³/mol. The predicted octanol–water partition coefficient (Wildman–Crippen LogP) is 1.52. The summed E-state index contributed by atoms with van der Waals surface area (Å²) in [6, 6.07) is 6.72. The van der Waals surface area contributed by atoms with E-state index in [0.717, 1.165) is 63.1 Å². The Morgan fingerprint density at radius 1 is 0.870 bits per heavy atom. The molecule has 0 spiro atoms. The van der Waals surface area contributed by atoms with Crippen molar-refractivity contribution >= 4 is 11.9 Å². The molecule has 2 aromatic rings. The van der Waals surface area contributed by atoms with Crippen LogP contribution in [0.4, 0.5) is 0 Å². The molecule has 2 aliphatic heterocycles. The van der Waals surface area contributed by atoms with Crippen molar-refractivity contribution in [2.75, 3.05) is 73.4 Å². The molecule has 1 fully saturated rings. The van der Waals surface area contributed by atoms with Crippen molar-refractivity contribution in [2.45, 2.75) is 37.6 Å². The lowest BCUT2D eigenvalue weighted by molar-refractivity contribution is -0.141. The fourth-order valence-corrected chi connectivity index (χ4v) is 6.57. The molecule has 13 nitrogen and oxygen atoms in total. The molecule has 2 heterocycles. The number of carbonyl (C=O) groups excluding carboxylic acids is 2. The molecule has 252 valence electrons. The highest BCUT2D eigenvalue weighted by Crippen LogP contribution is 2.55. The van der Waals surface area contributed by atoms with Crippen molar-refractivity contribution in [3.05, 3.63) is 41.0 Å². The molecular formula is C33H47N5O8. The Morgan fingerprint density at radius 3 is 2.07 bits per heavy atom. The lowest BCUT2D eigenvalue weighted by atomic mass is 9.65. The van der Waals surface area contributed by atoms with Gasteiger partial charge in [-0.05, 0) is 99.5 Å². The molecule has 0 bridgehead atoms. The number of esters is 1. The van der Waals surface area contributed by atoms with E-state index in [2.05, 4.69) is 21.3 Å². The van der Waals surface area contributed by atoms with Gasteiger partial charge >= 0.3 is 5.97 Å². The average Bonchev–Trinajstić information content (AvgIpc) is 3.68. The standard InChI is InChI=1S/C33H47N5O8/c1-42-26-14-20(15-27(43-2)32(26)40)29-21-16-24-25(46-19-45-24)17-22(21)31(23-18-44-33(41)30(23)29)38-28(39)6-13-37-12-5-11-36-10-4-9-35-8-3-7-34/h14-17,23,29-31,35-37,40H,3-13,18-19,34H2,1-2H3,(H,38,39). The molecule has 7 N–H and O–H groups in total. The van der Waals surface area contributed by atoms with Crippen LogP contribution in [0.15, 0.2) is 24.3 Å². The number of hydrogen-bond donors (Lipinski definition) is 6. The van der Waals surface area contributed by atoms with Gasteiger partial charge in [-0.1, -0.05) is 0 Å². The number of aromatic hydroxyl groups is 1. The van der Waals surface area contributed by atoms with Gasteiger partial charge in [0.15, 0.2) is 23.0 Å². The van der Waals surface area contributed by atoms with Gasteiger partial charge in [-0.2, -0.15) is 0 Å². The zero-order valence-corrected chi connectivity index (χ0v) is 26.7. The van der Waals surface area contributed by atoms with Crippen LogP contribution < -0.4 is 45.9 Å². The number of phenols is 1. The van der Waals surface area contributed by atoms with Crippen molar-refractivity contribution in [1.82, 2.24) is 21.3 Å². The van der Waals surface area contributed by atoms with Crippen molar-refractivity contribution in [1.29, 1.82) is 0 Å². The summed E-state index contributed by atoms with van der Waals surface area (Å²) >= 11 is 0. The van der Waals surface area contributed by atoms with E-state index in [9.17, 15) is 14.7 Å². The van der Waals surface area contributed by atoms with Gasteiger partial charge in [0, 0.05) is 24.8 Å². The third kappa shape index (κ3) is 7.60. The lowest BCUT2D eigenvalue weighted by Crippen LogP contribution is -2.43. The van der Waals surface area contributed by atoms with Crippen LogP contribution in [-0.2, 0) is 14.3 Å². The number of benzene rings is 2. The van der Waals surface area contributed by atoms with Crippen LogP contribution >= 0.6 is 0 Å². The van der Waals surface area contributed by atoms with Gasteiger partial charge < -0.3 is 55.8 Å². The van der Waals surface area contributed by atoms with Gasteiger partial charge in [0.05, 0.1) is 32.8 Å². The number of ether oxygens (including phenoxy) is 5. The van der Waals surface area contributed by atoms with E-state index in [4.69, 9.17) is 29.4 Å². The zero-order valence-electron chi connectivity index (χ0n) is 26.7. The van der Waals surface area contributed by atoms with Gasteiger partial charge in [-0.15, -0.1) is 0 Å². The minimum absolute atomic E-state index is 0.0866. The maximum absolute atomic E-state index is 13.3. The lowest BCUT2D eigenvalue weighted by Gasteiger charge is -2.39. The van der Waals surface area contributed by atoms with Gasteiger partial charge in [-0.25, -0.2) is 0 Å². The number of hydrogen-bond acceptors (Lipinski definition) is 12. The first-order chi connectivity index (χ1) is 22.5. The van der Waals surface area contributed by atoms with E-state index >= 15 is 0 Å². The number of carbonyl (C=O) groups is 2. The third-order valence-electron chi connectivity index (χ3n) is 8.87. The highest BCUT2D eigenvalue weighted by atomic mass is 16.7. The quantitative estimate of drug-likeness (QED) is 0.102. The second kappa shape index (κ2) is 16.2. The summed E-state index contributed by atoms with van der Waals surface area (Å²) in [5, 5.41) is 23.9. The SMILES string of the molecule is COc1cc(C2c3cc4c(cc3C(NC(=O)CCNCCCNCCCNCCCN)C3COC(=O)C23)OCO4)cc(OC)c1O. The van der Waals surface area contributed by atoms with E-state index in [1.165, 1.54) is 14.2 Å². The van der Waals surface area contributed by atoms with E-state index in [1.54, 1.807) is 12.1 Å². The Labute approximate surface area is 269 Å². The number of nitrogens with one attached hydrogen (secondary N) is 4. The second-order valence-corrected chi connectivity index (χ2v) is 11.8. The smallest absolute Gasteiger partial charge is 0.310 e. The molecule has 0 radical (unpaired) electrons. The van der Waals surface area contributed by atoms with Crippen molar-refractivity contribution < 1.29 is 38.4 Å². The van der Waals surface area contributed by atoms with Crippen LogP contribution in [-0.4, -0.2) is 90.4 Å². The van der Waals surface area contributed by atoms with E-state index in [-0.39, 0.29) is 48.4 Å². The van der Waals surface area contributed by atoms with Gasteiger partial charge in [-0.3, -0.25) is 9.59 Å². The normalized spacial score (nSPS) is 21.0. The summed E-state index contributed by atoms with van der Waals surface area (Å²) in [6.07, 6.45) is 3.32. The summed E-state index contributed by atoms with van der Waals surface area (Å²) in [5.74, 6) is -0.378. The van der Waals surface area contributed by atoms with E-state index in [1.807, 2.05) is 12.1 Å². The second-order valence-electron chi connectivity index (χ2n) is 11.8. The molecular weight excluding hydrogens is 594 g/mol. The average molecular weight is 642 g/mol. The van der Waals surface area contributed by atoms with Crippen molar-refractivity contribution in [3.8, 4) is 28.7 Å². The summed E-state index contributed by atoms with van der Waals surface area (Å²) in [6.45, 7) is 6.13. The number of methoxy groups -OCH3 is 2. The van der Waals surface area contributed by atoms with Crippen LogP contribution in [0, 0.1) is 11.8 Å². The van der Waals surface area contributed by atoms with Crippen LogP contribution in [0.1, 0.15) is 54.3 Å². The summed E-state index contributed by atoms with van der Waals surface area (Å²) in [4.78, 5) is 26.6. The molecule has 1 aliphatic carbocycles. The highest BCUT2D eigenvalue weighted by Gasteiger charge is 2.53. The Kier molecular flexibility index (Phi) is 11.8. The molecule has 1 saturated heterocycles. The first-order valence-corrected chi connectivity index (χ1v) is 16.1. The molecule has 4 unspecified atom stereocenters. The number of fused-ring (bicyclic) bond motifs is 3. The largest absolute Gasteiger partial charge is 0.502 e. The monoisotopic (exact) mass is 641 g/mol. The van der Waals surface area contributed by atoms with Crippen molar-refractivity contribution in [3.63, 3.8) is 0 Å². The van der Waals surface area contributed by atoms with Gasteiger partial charge in [0.25, 0.3) is 0 Å². The van der Waals surface area contributed by atoms with E-state index in [0.29, 0.717) is 36.6 Å². The number of nitrogens with two attached hydrogens (primary N) is 1.